The molecule has 0 aromatic carbocycles. The molecule has 29 heavy (non-hydrogen) atoms. The van der Waals surface area contributed by atoms with Crippen molar-refractivity contribution in [1.29, 1.82) is 0 Å². The van der Waals surface area contributed by atoms with Crippen molar-refractivity contribution in [2.24, 2.45) is 0 Å². The van der Waals surface area contributed by atoms with Crippen molar-refractivity contribution in [2.45, 2.75) is 38.0 Å². The van der Waals surface area contributed by atoms with Gasteiger partial charge in [0.25, 0.3) is 5.91 Å². The molecule has 1 fully saturated rings. The highest BCUT2D eigenvalue weighted by atomic mass is 32.2. The molecular formula is C20H21N5O3S. The predicted molar refractivity (Wildman–Crippen MR) is 108 cm³/mol. The van der Waals surface area contributed by atoms with Crippen molar-refractivity contribution >= 4 is 27.3 Å². The Hall–Kier alpha value is -2.94. The molecule has 0 radical (unpaired) electrons. The first-order valence-electron chi connectivity index (χ1n) is 9.63. The van der Waals surface area contributed by atoms with Crippen LogP contribution in [0.5, 0.6) is 0 Å². The highest BCUT2D eigenvalue weighted by Gasteiger charge is 2.36. The monoisotopic (exact) mass is 411 g/mol. The van der Waals surface area contributed by atoms with Crippen LogP contribution in [0.1, 0.15) is 40.2 Å². The van der Waals surface area contributed by atoms with Crippen LogP contribution >= 0.6 is 0 Å². The molecule has 9 heteroatoms. The molecule has 0 saturated heterocycles. The minimum atomic E-state index is -3.34. The van der Waals surface area contributed by atoms with E-state index in [9.17, 15) is 13.2 Å². The lowest BCUT2D eigenvalue weighted by molar-refractivity contribution is 0.0728. The van der Waals surface area contributed by atoms with Crippen LogP contribution in [0.3, 0.4) is 0 Å². The van der Waals surface area contributed by atoms with Crippen molar-refractivity contribution in [3.63, 3.8) is 0 Å². The third-order valence-electron chi connectivity index (χ3n) is 5.38. The molecule has 3 aromatic rings. The predicted octanol–water partition coefficient (Wildman–Crippen LogP) is 2.14. The van der Waals surface area contributed by atoms with Crippen LogP contribution in [0.2, 0.25) is 0 Å². The molecule has 150 valence electrons. The Morgan fingerprint density at radius 3 is 2.90 bits per heavy atom. The fourth-order valence-corrected chi connectivity index (χ4v) is 4.99. The van der Waals surface area contributed by atoms with Gasteiger partial charge in [0.05, 0.1) is 17.1 Å². The third kappa shape index (κ3) is 3.46. The SMILES string of the molecule is Cc1ccn2cc(C(=O)N3CCc4ncc(NS(=O)(=O)C5CC5)cc4C3)nc2c1. The van der Waals surface area contributed by atoms with Gasteiger partial charge in [0.1, 0.15) is 11.3 Å². The number of hydrogen-bond donors (Lipinski definition) is 1. The Kier molecular flexibility index (Phi) is 4.09. The van der Waals surface area contributed by atoms with E-state index < -0.39 is 10.0 Å². The highest BCUT2D eigenvalue weighted by Crippen LogP contribution is 2.30. The average molecular weight is 411 g/mol. The molecule has 0 bridgehead atoms. The normalized spacial score (nSPS) is 16.7. The molecule has 3 aromatic heterocycles. The van der Waals surface area contributed by atoms with Gasteiger partial charge in [-0.15, -0.1) is 0 Å². The zero-order valence-corrected chi connectivity index (χ0v) is 16.8. The fourth-order valence-electron chi connectivity index (χ4n) is 3.63. The van der Waals surface area contributed by atoms with Crippen molar-refractivity contribution in [3.8, 4) is 0 Å². The third-order valence-corrected chi connectivity index (χ3v) is 7.25. The Labute approximate surface area is 168 Å². The van der Waals surface area contributed by atoms with Gasteiger partial charge in [-0.05, 0) is 49.1 Å². The van der Waals surface area contributed by atoms with Crippen LogP contribution in [0.4, 0.5) is 5.69 Å². The summed E-state index contributed by atoms with van der Waals surface area (Å²) in [6, 6.07) is 5.69. The lowest BCUT2D eigenvalue weighted by Gasteiger charge is -2.28. The Bertz CT molecular complexity index is 1230. The standard InChI is InChI=1S/C20H21N5O3S/c1-13-4-6-24-12-18(22-19(24)8-13)20(26)25-7-5-17-14(11-25)9-15(10-21-17)23-29(27,28)16-2-3-16/h4,6,8-10,12,16,23H,2-3,5,7,11H2,1H3. The average Bonchev–Trinajstić information content (AvgIpc) is 3.47. The zero-order valence-electron chi connectivity index (χ0n) is 16.0. The Balaban J connectivity index is 1.37. The Morgan fingerprint density at radius 1 is 1.28 bits per heavy atom. The van der Waals surface area contributed by atoms with Crippen molar-refractivity contribution < 1.29 is 13.2 Å². The van der Waals surface area contributed by atoms with E-state index in [1.807, 2.05) is 29.7 Å². The number of nitrogens with one attached hydrogen (secondary N) is 1. The summed E-state index contributed by atoms with van der Waals surface area (Å²) in [7, 11) is -3.34. The number of carbonyl (C=O) groups excluding carboxylic acids is 1. The first-order chi connectivity index (χ1) is 13.9. The van der Waals surface area contributed by atoms with E-state index in [0.717, 1.165) is 22.5 Å². The topological polar surface area (TPSA) is 96.7 Å². The van der Waals surface area contributed by atoms with Crippen LogP contribution in [-0.4, -0.2) is 45.4 Å². The second-order valence-corrected chi connectivity index (χ2v) is 9.71. The van der Waals surface area contributed by atoms with E-state index in [1.165, 1.54) is 0 Å². The number of fused-ring (bicyclic) bond motifs is 2. The molecule has 1 N–H and O–H groups in total. The minimum absolute atomic E-state index is 0.138. The lowest BCUT2D eigenvalue weighted by Crippen LogP contribution is -2.36. The van der Waals surface area contributed by atoms with Gasteiger partial charge in [-0.1, -0.05) is 0 Å². The van der Waals surface area contributed by atoms with Crippen molar-refractivity contribution in [3.05, 3.63) is 59.3 Å². The van der Waals surface area contributed by atoms with Crippen molar-refractivity contribution in [2.75, 3.05) is 11.3 Å². The van der Waals surface area contributed by atoms with Crippen molar-refractivity contribution in [1.82, 2.24) is 19.3 Å². The summed E-state index contributed by atoms with van der Waals surface area (Å²) < 4.78 is 28.8. The number of amides is 1. The smallest absolute Gasteiger partial charge is 0.274 e. The van der Waals surface area contributed by atoms with Crippen LogP contribution in [0.25, 0.3) is 5.65 Å². The number of sulfonamides is 1. The van der Waals surface area contributed by atoms with Gasteiger partial charge in [-0.25, -0.2) is 13.4 Å². The molecule has 5 rings (SSSR count). The lowest BCUT2D eigenvalue weighted by atomic mass is 10.1. The van der Waals surface area contributed by atoms with Gasteiger partial charge in [0.2, 0.25) is 10.0 Å². The van der Waals surface area contributed by atoms with E-state index in [4.69, 9.17) is 0 Å². The number of anilines is 1. The highest BCUT2D eigenvalue weighted by molar-refractivity contribution is 7.93. The molecular weight excluding hydrogens is 390 g/mol. The van der Waals surface area contributed by atoms with E-state index in [-0.39, 0.29) is 11.2 Å². The van der Waals surface area contributed by atoms with Gasteiger partial charge in [0, 0.05) is 37.6 Å². The maximum absolute atomic E-state index is 13.0. The second-order valence-electron chi connectivity index (χ2n) is 7.75. The summed E-state index contributed by atoms with van der Waals surface area (Å²) in [6.45, 7) is 2.92. The number of carbonyl (C=O) groups is 1. The molecule has 8 nitrogen and oxygen atoms in total. The molecule has 0 unspecified atom stereocenters. The first-order valence-corrected chi connectivity index (χ1v) is 11.2. The molecule has 0 atom stereocenters. The Morgan fingerprint density at radius 2 is 2.10 bits per heavy atom. The van der Waals surface area contributed by atoms with Gasteiger partial charge in [-0.3, -0.25) is 14.5 Å². The molecule has 1 amide bonds. The second kappa shape index (κ2) is 6.55. The van der Waals surface area contributed by atoms with Gasteiger partial charge in [0.15, 0.2) is 0 Å². The largest absolute Gasteiger partial charge is 0.332 e. The van der Waals surface area contributed by atoms with Crippen LogP contribution in [-0.2, 0) is 23.0 Å². The minimum Gasteiger partial charge on any atom is -0.332 e. The molecule has 0 spiro atoms. The number of imidazole rings is 1. The van der Waals surface area contributed by atoms with Crippen LogP contribution < -0.4 is 4.72 Å². The zero-order chi connectivity index (χ0) is 20.2. The summed E-state index contributed by atoms with van der Waals surface area (Å²) in [5.41, 5.74) is 4.44. The first kappa shape index (κ1) is 18.1. The number of nitrogens with zero attached hydrogens (tertiary/aromatic N) is 4. The van der Waals surface area contributed by atoms with Crippen LogP contribution in [0.15, 0.2) is 36.8 Å². The molecule has 1 aliphatic carbocycles. The summed E-state index contributed by atoms with van der Waals surface area (Å²) >= 11 is 0. The maximum atomic E-state index is 13.0. The number of rotatable bonds is 4. The van der Waals surface area contributed by atoms with E-state index >= 15 is 0 Å². The van der Waals surface area contributed by atoms with Crippen LogP contribution in [0, 0.1) is 6.92 Å². The molecule has 1 saturated carbocycles. The summed E-state index contributed by atoms with van der Waals surface area (Å²) in [5, 5.41) is -0.296. The molecule has 2 aliphatic rings. The number of aryl methyl sites for hydroxylation is 1. The number of pyridine rings is 2. The quantitative estimate of drug-likeness (QED) is 0.710. The summed E-state index contributed by atoms with van der Waals surface area (Å²) in [5.74, 6) is -0.138. The molecule has 1 aliphatic heterocycles. The molecule has 4 heterocycles. The van der Waals surface area contributed by atoms with E-state index in [2.05, 4.69) is 14.7 Å². The summed E-state index contributed by atoms with van der Waals surface area (Å²) in [4.78, 5) is 23.6. The van der Waals surface area contributed by atoms with Gasteiger partial charge >= 0.3 is 0 Å². The van der Waals surface area contributed by atoms with E-state index in [0.29, 0.717) is 43.7 Å². The maximum Gasteiger partial charge on any atom is 0.274 e. The number of hydrogen-bond acceptors (Lipinski definition) is 5. The summed E-state index contributed by atoms with van der Waals surface area (Å²) in [6.07, 6.45) is 7.22. The fraction of sp³-hybridized carbons (Fsp3) is 0.350. The number of aromatic nitrogens is 3. The van der Waals surface area contributed by atoms with Gasteiger partial charge < -0.3 is 9.30 Å². The van der Waals surface area contributed by atoms with Gasteiger partial charge in [-0.2, -0.15) is 0 Å². The van der Waals surface area contributed by atoms with E-state index in [1.54, 1.807) is 23.4 Å².